The molecule has 0 spiro atoms. The molecule has 0 bridgehead atoms. The lowest BCUT2D eigenvalue weighted by Crippen LogP contribution is -2.33. The number of aromatic nitrogens is 1. The third-order valence-corrected chi connectivity index (χ3v) is 5.40. The second-order valence-electron chi connectivity index (χ2n) is 6.47. The first-order valence-electron chi connectivity index (χ1n) is 9.12. The Hall–Kier alpha value is -2.72. The average Bonchev–Trinajstić information content (AvgIpc) is 3.26. The smallest absolute Gasteiger partial charge is 0.249 e. The van der Waals surface area contributed by atoms with Crippen LogP contribution in [0, 0.1) is 0 Å². The largest absolute Gasteiger partial charge is 0.334 e. The molecule has 1 aromatic heterocycles. The van der Waals surface area contributed by atoms with Gasteiger partial charge in [-0.05, 0) is 31.4 Å². The van der Waals surface area contributed by atoms with Crippen molar-refractivity contribution in [3.8, 4) is 10.6 Å². The third kappa shape index (κ3) is 5.14. The van der Waals surface area contributed by atoms with E-state index in [1.165, 1.54) is 5.56 Å². The van der Waals surface area contributed by atoms with Gasteiger partial charge in [0, 0.05) is 35.8 Å². The van der Waals surface area contributed by atoms with E-state index in [1.807, 2.05) is 54.6 Å². The first-order valence-corrected chi connectivity index (χ1v) is 10.00. The molecule has 0 radical (unpaired) electrons. The summed E-state index contributed by atoms with van der Waals surface area (Å²) >= 11 is 1.63. The van der Waals surface area contributed by atoms with Gasteiger partial charge in [0.25, 0.3) is 0 Å². The topological polar surface area (TPSA) is 33.2 Å². The van der Waals surface area contributed by atoms with Crippen LogP contribution in [0.1, 0.15) is 25.0 Å². The van der Waals surface area contributed by atoms with Crippen LogP contribution in [0.2, 0.25) is 0 Å². The SMILES string of the molecule is C/C=C(\C)C(=O)N(CCc1ccccc1)Cc1ccc(-c2nccs2)cc1. The second kappa shape index (κ2) is 9.28. The lowest BCUT2D eigenvalue weighted by Gasteiger charge is -2.23. The molecule has 0 saturated carbocycles. The summed E-state index contributed by atoms with van der Waals surface area (Å²) in [7, 11) is 0. The predicted molar refractivity (Wildman–Crippen MR) is 113 cm³/mol. The van der Waals surface area contributed by atoms with Gasteiger partial charge in [-0.3, -0.25) is 4.79 Å². The van der Waals surface area contributed by atoms with Gasteiger partial charge >= 0.3 is 0 Å². The van der Waals surface area contributed by atoms with Gasteiger partial charge < -0.3 is 4.90 Å². The zero-order chi connectivity index (χ0) is 19.1. The van der Waals surface area contributed by atoms with E-state index in [9.17, 15) is 4.79 Å². The van der Waals surface area contributed by atoms with Gasteiger partial charge in [-0.15, -0.1) is 11.3 Å². The van der Waals surface area contributed by atoms with Gasteiger partial charge in [-0.2, -0.15) is 0 Å². The molecule has 0 aliphatic rings. The Kier molecular flexibility index (Phi) is 6.55. The maximum Gasteiger partial charge on any atom is 0.249 e. The molecule has 1 amide bonds. The van der Waals surface area contributed by atoms with Crippen LogP contribution in [0.4, 0.5) is 0 Å². The lowest BCUT2D eigenvalue weighted by molar-refractivity contribution is -0.127. The minimum atomic E-state index is 0.0948. The monoisotopic (exact) mass is 376 g/mol. The zero-order valence-corrected chi connectivity index (χ0v) is 16.6. The highest BCUT2D eigenvalue weighted by Crippen LogP contribution is 2.22. The van der Waals surface area contributed by atoms with Crippen molar-refractivity contribution in [2.75, 3.05) is 6.54 Å². The molecule has 27 heavy (non-hydrogen) atoms. The van der Waals surface area contributed by atoms with E-state index in [4.69, 9.17) is 0 Å². The number of carbonyl (C=O) groups is 1. The van der Waals surface area contributed by atoms with Crippen molar-refractivity contribution in [1.29, 1.82) is 0 Å². The normalized spacial score (nSPS) is 11.4. The van der Waals surface area contributed by atoms with Crippen molar-refractivity contribution >= 4 is 17.2 Å². The summed E-state index contributed by atoms with van der Waals surface area (Å²) in [6.07, 6.45) is 4.54. The summed E-state index contributed by atoms with van der Waals surface area (Å²) in [6.45, 7) is 5.09. The molecule has 3 nitrogen and oxygen atoms in total. The maximum absolute atomic E-state index is 12.8. The molecular formula is C23H24N2OS. The highest BCUT2D eigenvalue weighted by molar-refractivity contribution is 7.13. The van der Waals surface area contributed by atoms with E-state index in [0.717, 1.165) is 28.1 Å². The Morgan fingerprint density at radius 3 is 2.44 bits per heavy atom. The van der Waals surface area contributed by atoms with Crippen LogP contribution < -0.4 is 0 Å². The van der Waals surface area contributed by atoms with Gasteiger partial charge in [0.05, 0.1) is 0 Å². The summed E-state index contributed by atoms with van der Waals surface area (Å²) in [6, 6.07) is 18.6. The van der Waals surface area contributed by atoms with Crippen LogP contribution in [-0.2, 0) is 17.8 Å². The number of benzene rings is 2. The Bertz CT molecular complexity index is 884. The number of amides is 1. The van der Waals surface area contributed by atoms with Crippen LogP contribution >= 0.6 is 11.3 Å². The average molecular weight is 377 g/mol. The van der Waals surface area contributed by atoms with E-state index >= 15 is 0 Å². The first-order chi connectivity index (χ1) is 13.2. The molecule has 0 fully saturated rings. The molecule has 0 atom stereocenters. The summed E-state index contributed by atoms with van der Waals surface area (Å²) in [5.41, 5.74) is 4.26. The Balaban J connectivity index is 1.73. The summed E-state index contributed by atoms with van der Waals surface area (Å²) in [5.74, 6) is 0.0948. The quantitative estimate of drug-likeness (QED) is 0.521. The van der Waals surface area contributed by atoms with E-state index in [2.05, 4.69) is 41.4 Å². The molecule has 3 aromatic rings. The molecular weight excluding hydrogens is 352 g/mol. The van der Waals surface area contributed by atoms with Crippen molar-refractivity contribution in [1.82, 2.24) is 9.88 Å². The predicted octanol–water partition coefficient (Wildman–Crippen LogP) is 5.35. The third-order valence-electron chi connectivity index (χ3n) is 4.58. The highest BCUT2D eigenvalue weighted by Gasteiger charge is 2.15. The number of thiazole rings is 1. The van der Waals surface area contributed by atoms with Gasteiger partial charge in [0.1, 0.15) is 5.01 Å². The van der Waals surface area contributed by atoms with Crippen molar-refractivity contribution in [2.24, 2.45) is 0 Å². The number of carbonyl (C=O) groups excluding carboxylic acids is 1. The molecule has 1 heterocycles. The van der Waals surface area contributed by atoms with E-state index < -0.39 is 0 Å². The van der Waals surface area contributed by atoms with Gasteiger partial charge in [0.15, 0.2) is 0 Å². The van der Waals surface area contributed by atoms with Crippen LogP contribution in [0.25, 0.3) is 10.6 Å². The van der Waals surface area contributed by atoms with Crippen LogP contribution in [0.15, 0.2) is 77.8 Å². The molecule has 4 heteroatoms. The fraction of sp³-hybridized carbons (Fsp3) is 0.217. The van der Waals surface area contributed by atoms with E-state index in [0.29, 0.717) is 13.1 Å². The number of nitrogens with zero attached hydrogens (tertiary/aromatic N) is 2. The van der Waals surface area contributed by atoms with Crippen LogP contribution in [-0.4, -0.2) is 22.3 Å². The summed E-state index contributed by atoms with van der Waals surface area (Å²) in [4.78, 5) is 19.1. The standard InChI is InChI=1S/C23H24N2OS/c1-3-18(2)23(26)25(15-13-19-7-5-4-6-8-19)17-20-9-11-21(12-10-20)22-24-14-16-27-22/h3-12,14,16H,13,15,17H2,1-2H3/b18-3+. The Morgan fingerprint density at radius 2 is 1.81 bits per heavy atom. The van der Waals surface area contributed by atoms with Crippen molar-refractivity contribution in [3.05, 3.63) is 89.0 Å². The van der Waals surface area contributed by atoms with E-state index in [1.54, 1.807) is 11.3 Å². The van der Waals surface area contributed by atoms with Gasteiger partial charge in [0.2, 0.25) is 5.91 Å². The van der Waals surface area contributed by atoms with Crippen molar-refractivity contribution in [2.45, 2.75) is 26.8 Å². The minimum absolute atomic E-state index is 0.0948. The molecule has 0 N–H and O–H groups in total. The second-order valence-corrected chi connectivity index (χ2v) is 7.36. The molecule has 0 unspecified atom stereocenters. The number of allylic oxidation sites excluding steroid dienone is 1. The van der Waals surface area contributed by atoms with Gasteiger partial charge in [-0.25, -0.2) is 4.98 Å². The molecule has 0 saturated heterocycles. The molecule has 3 rings (SSSR count). The zero-order valence-electron chi connectivity index (χ0n) is 15.8. The Morgan fingerprint density at radius 1 is 1.07 bits per heavy atom. The Labute approximate surface area is 165 Å². The number of hydrogen-bond donors (Lipinski definition) is 0. The molecule has 138 valence electrons. The first kappa shape index (κ1) is 19.1. The number of hydrogen-bond acceptors (Lipinski definition) is 3. The van der Waals surface area contributed by atoms with Gasteiger partial charge in [-0.1, -0.05) is 60.7 Å². The summed E-state index contributed by atoms with van der Waals surface area (Å²) < 4.78 is 0. The molecule has 0 aliphatic heterocycles. The van der Waals surface area contributed by atoms with Crippen LogP contribution in [0.3, 0.4) is 0 Å². The lowest BCUT2D eigenvalue weighted by atomic mass is 10.1. The summed E-state index contributed by atoms with van der Waals surface area (Å²) in [5, 5.41) is 3.00. The van der Waals surface area contributed by atoms with Crippen molar-refractivity contribution < 1.29 is 4.79 Å². The number of rotatable bonds is 7. The molecule has 2 aromatic carbocycles. The van der Waals surface area contributed by atoms with E-state index in [-0.39, 0.29) is 5.91 Å². The van der Waals surface area contributed by atoms with Crippen LogP contribution in [0.5, 0.6) is 0 Å². The molecule has 0 aliphatic carbocycles. The highest BCUT2D eigenvalue weighted by atomic mass is 32.1. The minimum Gasteiger partial charge on any atom is -0.334 e. The fourth-order valence-corrected chi connectivity index (χ4v) is 3.52. The van der Waals surface area contributed by atoms with Crippen molar-refractivity contribution in [3.63, 3.8) is 0 Å². The fourth-order valence-electron chi connectivity index (χ4n) is 2.87. The maximum atomic E-state index is 12.8.